The van der Waals surface area contributed by atoms with Gasteiger partial charge in [-0.3, -0.25) is 0 Å². The summed E-state index contributed by atoms with van der Waals surface area (Å²) in [5, 5.41) is 11.0. The largest absolute Gasteiger partial charge is 0.496 e. The van der Waals surface area contributed by atoms with E-state index in [1.807, 2.05) is 43.3 Å². The summed E-state index contributed by atoms with van der Waals surface area (Å²) in [7, 11) is 1.60. The number of hydrogen-bond acceptors (Lipinski definition) is 2. The second-order valence-corrected chi connectivity index (χ2v) is 5.58. The Morgan fingerprint density at radius 3 is 2.53 bits per heavy atom. The number of rotatable bonds is 3. The lowest BCUT2D eigenvalue weighted by Gasteiger charge is -2.15. The summed E-state index contributed by atoms with van der Waals surface area (Å²) >= 11 is 9.59. The topological polar surface area (TPSA) is 29.5 Å². The molecule has 0 aliphatic heterocycles. The van der Waals surface area contributed by atoms with Crippen molar-refractivity contribution in [1.82, 2.24) is 0 Å². The Morgan fingerprint density at radius 2 is 1.95 bits per heavy atom. The van der Waals surface area contributed by atoms with E-state index in [1.165, 1.54) is 0 Å². The molecule has 0 radical (unpaired) electrons. The third kappa shape index (κ3) is 3.11. The molecule has 0 aliphatic carbocycles. The average molecular weight is 342 g/mol. The second-order valence-electron chi connectivity index (χ2n) is 4.32. The van der Waals surface area contributed by atoms with Gasteiger partial charge in [0, 0.05) is 10.6 Å². The van der Waals surface area contributed by atoms with Crippen LogP contribution in [0.2, 0.25) is 5.02 Å². The molecule has 2 aromatic rings. The molecule has 2 nitrogen and oxygen atoms in total. The van der Waals surface area contributed by atoms with Crippen LogP contribution in [0.15, 0.2) is 40.9 Å². The molecule has 2 aromatic carbocycles. The Labute approximate surface area is 126 Å². The summed E-state index contributed by atoms with van der Waals surface area (Å²) in [6.45, 7) is 1.96. The molecule has 19 heavy (non-hydrogen) atoms. The van der Waals surface area contributed by atoms with Crippen molar-refractivity contribution in [3.63, 3.8) is 0 Å². The molecule has 0 aromatic heterocycles. The van der Waals surface area contributed by atoms with Gasteiger partial charge >= 0.3 is 0 Å². The fourth-order valence-corrected chi connectivity index (χ4v) is 2.78. The number of methoxy groups -OCH3 is 1. The van der Waals surface area contributed by atoms with Crippen molar-refractivity contribution in [3.8, 4) is 5.75 Å². The van der Waals surface area contributed by atoms with Gasteiger partial charge in [-0.25, -0.2) is 0 Å². The molecule has 100 valence electrons. The van der Waals surface area contributed by atoms with E-state index in [1.54, 1.807) is 7.11 Å². The molecule has 4 heteroatoms. The molecular formula is C15H14BrClO2. The Hall–Kier alpha value is -1.03. The first-order valence-electron chi connectivity index (χ1n) is 5.80. The van der Waals surface area contributed by atoms with Gasteiger partial charge in [0.25, 0.3) is 0 Å². The molecule has 0 amide bonds. The lowest BCUT2D eigenvalue weighted by atomic mass is 10.0. The molecule has 0 spiro atoms. The first kappa shape index (κ1) is 14.4. The van der Waals surface area contributed by atoms with Crippen LogP contribution in [0.3, 0.4) is 0 Å². The van der Waals surface area contributed by atoms with Crippen molar-refractivity contribution in [3.05, 3.63) is 62.6 Å². The minimum atomic E-state index is -0.754. The SMILES string of the molecule is COc1ccc(C(O)c2ccc(C)cc2Cl)cc1Br. The lowest BCUT2D eigenvalue weighted by molar-refractivity contribution is 0.220. The van der Waals surface area contributed by atoms with Crippen LogP contribution < -0.4 is 4.74 Å². The maximum Gasteiger partial charge on any atom is 0.133 e. The van der Waals surface area contributed by atoms with Gasteiger partial charge in [-0.1, -0.05) is 29.8 Å². The first-order valence-corrected chi connectivity index (χ1v) is 6.97. The van der Waals surface area contributed by atoms with E-state index in [0.717, 1.165) is 21.3 Å². The van der Waals surface area contributed by atoms with Crippen LogP contribution in [0.1, 0.15) is 22.8 Å². The summed E-state index contributed by atoms with van der Waals surface area (Å²) < 4.78 is 5.97. The fourth-order valence-electron chi connectivity index (χ4n) is 1.89. The molecule has 1 atom stereocenters. The predicted molar refractivity (Wildman–Crippen MR) is 80.9 cm³/mol. The molecule has 1 N–H and O–H groups in total. The summed E-state index contributed by atoms with van der Waals surface area (Å²) in [5.41, 5.74) is 2.53. The summed E-state index contributed by atoms with van der Waals surface area (Å²) in [6.07, 6.45) is -0.754. The molecular weight excluding hydrogens is 328 g/mol. The number of halogens is 2. The van der Waals surface area contributed by atoms with Crippen molar-refractivity contribution < 1.29 is 9.84 Å². The van der Waals surface area contributed by atoms with E-state index in [0.29, 0.717) is 10.6 Å². The monoisotopic (exact) mass is 340 g/mol. The summed E-state index contributed by atoms with van der Waals surface area (Å²) in [6, 6.07) is 11.1. The van der Waals surface area contributed by atoms with Crippen LogP contribution in [0.4, 0.5) is 0 Å². The zero-order valence-electron chi connectivity index (χ0n) is 10.7. The highest BCUT2D eigenvalue weighted by Gasteiger charge is 2.15. The third-order valence-corrected chi connectivity index (χ3v) is 3.89. The lowest BCUT2D eigenvalue weighted by Crippen LogP contribution is -2.01. The van der Waals surface area contributed by atoms with E-state index in [2.05, 4.69) is 15.9 Å². The van der Waals surface area contributed by atoms with E-state index >= 15 is 0 Å². The number of aliphatic hydroxyl groups excluding tert-OH is 1. The number of aryl methyl sites for hydroxylation is 1. The van der Waals surface area contributed by atoms with Crippen LogP contribution in [0.25, 0.3) is 0 Å². The van der Waals surface area contributed by atoms with Gasteiger partial charge < -0.3 is 9.84 Å². The highest BCUT2D eigenvalue weighted by Crippen LogP contribution is 2.33. The van der Waals surface area contributed by atoms with Gasteiger partial charge in [-0.15, -0.1) is 0 Å². The molecule has 0 saturated heterocycles. The normalized spacial score (nSPS) is 12.3. The molecule has 0 aliphatic rings. The van der Waals surface area contributed by atoms with Gasteiger partial charge in [0.15, 0.2) is 0 Å². The van der Waals surface area contributed by atoms with E-state index < -0.39 is 6.10 Å². The van der Waals surface area contributed by atoms with Crippen molar-refractivity contribution in [2.45, 2.75) is 13.0 Å². The molecule has 2 rings (SSSR count). The smallest absolute Gasteiger partial charge is 0.133 e. The van der Waals surface area contributed by atoms with Gasteiger partial charge in [-0.05, 0) is 52.2 Å². The Bertz CT molecular complexity index is 599. The summed E-state index contributed by atoms with van der Waals surface area (Å²) in [5.74, 6) is 0.728. The van der Waals surface area contributed by atoms with Gasteiger partial charge in [0.05, 0.1) is 11.6 Å². The molecule has 0 bridgehead atoms. The van der Waals surface area contributed by atoms with Crippen molar-refractivity contribution in [2.75, 3.05) is 7.11 Å². The third-order valence-electron chi connectivity index (χ3n) is 2.94. The number of benzene rings is 2. The second kappa shape index (κ2) is 5.95. The van der Waals surface area contributed by atoms with E-state index in [9.17, 15) is 5.11 Å². The average Bonchev–Trinajstić information content (AvgIpc) is 2.38. The van der Waals surface area contributed by atoms with Crippen LogP contribution in [0, 0.1) is 6.92 Å². The van der Waals surface area contributed by atoms with Gasteiger partial charge in [0.2, 0.25) is 0 Å². The quantitative estimate of drug-likeness (QED) is 0.890. The fraction of sp³-hybridized carbons (Fsp3) is 0.200. The van der Waals surface area contributed by atoms with Crippen molar-refractivity contribution >= 4 is 27.5 Å². The number of ether oxygens (including phenoxy) is 1. The number of hydrogen-bond donors (Lipinski definition) is 1. The van der Waals surface area contributed by atoms with Gasteiger partial charge in [-0.2, -0.15) is 0 Å². The van der Waals surface area contributed by atoms with Crippen molar-refractivity contribution in [1.29, 1.82) is 0 Å². The molecule has 0 heterocycles. The zero-order chi connectivity index (χ0) is 14.0. The number of aliphatic hydroxyl groups is 1. The van der Waals surface area contributed by atoms with Gasteiger partial charge in [0.1, 0.15) is 11.9 Å². The van der Waals surface area contributed by atoms with E-state index in [4.69, 9.17) is 16.3 Å². The minimum absolute atomic E-state index is 0.569. The highest BCUT2D eigenvalue weighted by molar-refractivity contribution is 9.10. The van der Waals surface area contributed by atoms with Crippen LogP contribution in [-0.4, -0.2) is 12.2 Å². The zero-order valence-corrected chi connectivity index (χ0v) is 13.0. The molecule has 0 saturated carbocycles. The standard InChI is InChI=1S/C15H14BrClO2/c1-9-3-5-11(13(17)7-9)15(18)10-4-6-14(19-2)12(16)8-10/h3-8,15,18H,1-2H3. The van der Waals surface area contributed by atoms with Crippen LogP contribution >= 0.6 is 27.5 Å². The molecule has 1 unspecified atom stereocenters. The first-order chi connectivity index (χ1) is 9.02. The summed E-state index contributed by atoms with van der Waals surface area (Å²) in [4.78, 5) is 0. The maximum absolute atomic E-state index is 10.4. The minimum Gasteiger partial charge on any atom is -0.496 e. The molecule has 0 fully saturated rings. The predicted octanol–water partition coefficient (Wildman–Crippen LogP) is 4.50. The van der Waals surface area contributed by atoms with Crippen LogP contribution in [0.5, 0.6) is 5.75 Å². The highest BCUT2D eigenvalue weighted by atomic mass is 79.9. The Morgan fingerprint density at radius 1 is 1.21 bits per heavy atom. The Kier molecular flexibility index (Phi) is 4.50. The van der Waals surface area contributed by atoms with Crippen molar-refractivity contribution in [2.24, 2.45) is 0 Å². The maximum atomic E-state index is 10.4. The van der Waals surface area contributed by atoms with Crippen LogP contribution in [-0.2, 0) is 0 Å². The Balaban J connectivity index is 2.38. The van der Waals surface area contributed by atoms with E-state index in [-0.39, 0.29) is 0 Å².